The average Bonchev–Trinajstić information content (AvgIpc) is 3.01. The Kier molecular flexibility index (Phi) is 4.46. The van der Waals surface area contributed by atoms with Crippen LogP contribution < -0.4 is 5.32 Å². The Bertz CT molecular complexity index is 969. The molecular weight excluding hydrogens is 332 g/mol. The van der Waals surface area contributed by atoms with Crippen LogP contribution in [0.4, 0.5) is 5.69 Å². The van der Waals surface area contributed by atoms with Crippen LogP contribution in [0.5, 0.6) is 0 Å². The Hall–Kier alpha value is -3.22. The number of benzene rings is 2. The summed E-state index contributed by atoms with van der Waals surface area (Å²) in [7, 11) is 0. The molecule has 0 aliphatic heterocycles. The van der Waals surface area contributed by atoms with Crippen molar-refractivity contribution in [2.75, 3.05) is 0 Å². The Labute approximate surface area is 150 Å². The lowest BCUT2D eigenvalue weighted by molar-refractivity contribution is -0.384. The summed E-state index contributed by atoms with van der Waals surface area (Å²) in [5, 5.41) is 13.6. The quantitative estimate of drug-likeness (QED) is 0.552. The molecule has 1 amide bonds. The third-order valence-electron chi connectivity index (χ3n) is 4.15. The number of carbonyl (C=O) groups is 1. The van der Waals surface area contributed by atoms with Crippen molar-refractivity contribution in [3.05, 3.63) is 69.5 Å². The van der Waals surface area contributed by atoms with Crippen molar-refractivity contribution in [3.8, 4) is 0 Å². The summed E-state index contributed by atoms with van der Waals surface area (Å²) < 4.78 is 0. The van der Waals surface area contributed by atoms with Gasteiger partial charge in [0.1, 0.15) is 5.82 Å². The highest BCUT2D eigenvalue weighted by atomic mass is 16.6. The maximum absolute atomic E-state index is 12.3. The third-order valence-corrected chi connectivity index (χ3v) is 4.15. The minimum absolute atomic E-state index is 0.00401. The zero-order chi connectivity index (χ0) is 18.9. The number of amides is 1. The number of H-pyrrole nitrogens is 1. The van der Waals surface area contributed by atoms with Crippen molar-refractivity contribution < 1.29 is 9.72 Å². The predicted molar refractivity (Wildman–Crippen MR) is 99.1 cm³/mol. The molecule has 0 bridgehead atoms. The first-order valence-electron chi connectivity index (χ1n) is 8.26. The van der Waals surface area contributed by atoms with Gasteiger partial charge in [-0.2, -0.15) is 0 Å². The van der Waals surface area contributed by atoms with E-state index in [1.807, 2.05) is 12.1 Å². The molecule has 0 radical (unpaired) electrons. The topological polar surface area (TPSA) is 101 Å². The summed E-state index contributed by atoms with van der Waals surface area (Å²) in [6.07, 6.45) is 0. The van der Waals surface area contributed by atoms with E-state index in [2.05, 4.69) is 36.1 Å². The summed E-state index contributed by atoms with van der Waals surface area (Å²) in [6, 6.07) is 11.9. The van der Waals surface area contributed by atoms with E-state index in [4.69, 9.17) is 0 Å². The number of nitrogens with one attached hydrogen (secondary N) is 2. The Morgan fingerprint density at radius 3 is 2.50 bits per heavy atom. The number of nitro groups is 1. The second-order valence-corrected chi connectivity index (χ2v) is 7.15. The van der Waals surface area contributed by atoms with E-state index in [1.165, 1.54) is 12.1 Å². The highest BCUT2D eigenvalue weighted by Gasteiger charge is 2.15. The molecule has 7 nitrogen and oxygen atoms in total. The van der Waals surface area contributed by atoms with Crippen LogP contribution in [0.1, 0.15) is 42.5 Å². The van der Waals surface area contributed by atoms with Gasteiger partial charge < -0.3 is 10.3 Å². The fourth-order valence-corrected chi connectivity index (χ4v) is 2.64. The molecule has 1 aromatic heterocycles. The molecule has 7 heteroatoms. The van der Waals surface area contributed by atoms with Gasteiger partial charge >= 0.3 is 0 Å². The van der Waals surface area contributed by atoms with E-state index < -0.39 is 4.92 Å². The average molecular weight is 352 g/mol. The molecule has 2 N–H and O–H groups in total. The lowest BCUT2D eigenvalue weighted by Gasteiger charge is -2.19. The molecule has 3 aromatic rings. The molecule has 0 spiro atoms. The van der Waals surface area contributed by atoms with Crippen LogP contribution >= 0.6 is 0 Å². The first kappa shape index (κ1) is 17.6. The highest BCUT2D eigenvalue weighted by molar-refractivity contribution is 5.94. The number of carbonyl (C=O) groups excluding carboxylic acids is 1. The van der Waals surface area contributed by atoms with Crippen molar-refractivity contribution in [3.63, 3.8) is 0 Å². The van der Waals surface area contributed by atoms with Gasteiger partial charge in [-0.15, -0.1) is 0 Å². The number of imidazole rings is 1. The molecule has 2 aromatic carbocycles. The van der Waals surface area contributed by atoms with Gasteiger partial charge in [0.2, 0.25) is 0 Å². The molecule has 0 aliphatic rings. The van der Waals surface area contributed by atoms with Gasteiger partial charge in [0.05, 0.1) is 22.5 Å². The normalized spacial score (nSPS) is 11.5. The van der Waals surface area contributed by atoms with Gasteiger partial charge in [-0.25, -0.2) is 4.98 Å². The van der Waals surface area contributed by atoms with E-state index in [0.29, 0.717) is 22.4 Å². The van der Waals surface area contributed by atoms with E-state index in [0.717, 1.165) is 5.56 Å². The minimum atomic E-state index is -0.455. The molecule has 26 heavy (non-hydrogen) atoms. The highest BCUT2D eigenvalue weighted by Crippen LogP contribution is 2.22. The Morgan fingerprint density at radius 1 is 1.19 bits per heavy atom. The molecule has 0 saturated carbocycles. The standard InChI is InChI=1S/C19H20N4O3/c1-19(2,3)13-6-4-12(5-7-13)18(24)20-11-17-21-15-9-8-14(23(25)26)10-16(15)22-17/h4-10H,11H2,1-3H3,(H,20,24)(H,21,22). The zero-order valence-corrected chi connectivity index (χ0v) is 14.9. The number of nitrogens with zero attached hydrogens (tertiary/aromatic N) is 2. The van der Waals surface area contributed by atoms with Gasteiger partial charge in [-0.1, -0.05) is 32.9 Å². The van der Waals surface area contributed by atoms with Crippen LogP contribution in [-0.4, -0.2) is 20.8 Å². The molecular formula is C19H20N4O3. The zero-order valence-electron chi connectivity index (χ0n) is 14.9. The molecule has 0 saturated heterocycles. The largest absolute Gasteiger partial charge is 0.345 e. The van der Waals surface area contributed by atoms with Crippen LogP contribution in [-0.2, 0) is 12.0 Å². The summed E-state index contributed by atoms with van der Waals surface area (Å²) in [5.74, 6) is 0.344. The van der Waals surface area contributed by atoms with E-state index >= 15 is 0 Å². The molecule has 0 atom stereocenters. The van der Waals surface area contributed by atoms with Crippen LogP contribution in [0.15, 0.2) is 42.5 Å². The van der Waals surface area contributed by atoms with Gasteiger partial charge in [0.25, 0.3) is 11.6 Å². The number of aromatic nitrogens is 2. The number of nitro benzene ring substituents is 1. The second kappa shape index (κ2) is 6.59. The van der Waals surface area contributed by atoms with Gasteiger partial charge in [-0.3, -0.25) is 14.9 Å². The lowest BCUT2D eigenvalue weighted by Crippen LogP contribution is -2.23. The molecule has 0 fully saturated rings. The number of hydrogen-bond acceptors (Lipinski definition) is 4. The van der Waals surface area contributed by atoms with Crippen molar-refractivity contribution in [2.45, 2.75) is 32.7 Å². The number of hydrogen-bond donors (Lipinski definition) is 2. The summed E-state index contributed by atoms with van der Waals surface area (Å²) >= 11 is 0. The maximum Gasteiger partial charge on any atom is 0.271 e. The van der Waals surface area contributed by atoms with E-state index in [1.54, 1.807) is 18.2 Å². The van der Waals surface area contributed by atoms with Crippen molar-refractivity contribution in [1.82, 2.24) is 15.3 Å². The predicted octanol–water partition coefficient (Wildman–Crippen LogP) is 3.70. The van der Waals surface area contributed by atoms with Crippen molar-refractivity contribution in [1.29, 1.82) is 0 Å². The Morgan fingerprint density at radius 2 is 1.88 bits per heavy atom. The first-order valence-corrected chi connectivity index (χ1v) is 8.26. The molecule has 0 unspecified atom stereocenters. The van der Waals surface area contributed by atoms with Gasteiger partial charge in [0.15, 0.2) is 0 Å². The van der Waals surface area contributed by atoms with Gasteiger partial charge in [0, 0.05) is 17.7 Å². The molecule has 134 valence electrons. The van der Waals surface area contributed by atoms with Crippen molar-refractivity contribution in [2.24, 2.45) is 0 Å². The molecule has 3 rings (SSSR count). The maximum atomic E-state index is 12.3. The van der Waals surface area contributed by atoms with Crippen molar-refractivity contribution >= 4 is 22.6 Å². The second-order valence-electron chi connectivity index (χ2n) is 7.15. The van der Waals surface area contributed by atoms with E-state index in [-0.39, 0.29) is 23.6 Å². The number of non-ortho nitro benzene ring substituents is 1. The van der Waals surface area contributed by atoms with Gasteiger partial charge in [-0.05, 0) is 29.2 Å². The monoisotopic (exact) mass is 352 g/mol. The van der Waals surface area contributed by atoms with Crippen LogP contribution in [0.2, 0.25) is 0 Å². The first-order chi connectivity index (χ1) is 12.2. The third kappa shape index (κ3) is 3.72. The Balaban J connectivity index is 1.69. The minimum Gasteiger partial charge on any atom is -0.345 e. The summed E-state index contributed by atoms with van der Waals surface area (Å²) in [5.41, 5.74) is 2.95. The van der Waals surface area contributed by atoms with E-state index in [9.17, 15) is 14.9 Å². The SMILES string of the molecule is CC(C)(C)c1ccc(C(=O)NCc2nc3ccc([N+](=O)[O-])cc3[nH]2)cc1. The fraction of sp³-hybridized carbons (Fsp3) is 0.263. The molecule has 1 heterocycles. The smallest absolute Gasteiger partial charge is 0.271 e. The van der Waals surface area contributed by atoms with Crippen LogP contribution in [0, 0.1) is 10.1 Å². The summed E-state index contributed by atoms with van der Waals surface area (Å²) in [6.45, 7) is 6.57. The number of rotatable bonds is 4. The van der Waals surface area contributed by atoms with Crippen LogP contribution in [0.25, 0.3) is 11.0 Å². The number of aromatic amines is 1. The summed E-state index contributed by atoms with van der Waals surface area (Å²) in [4.78, 5) is 30.0. The number of fused-ring (bicyclic) bond motifs is 1. The van der Waals surface area contributed by atoms with Crippen LogP contribution in [0.3, 0.4) is 0 Å². The fourth-order valence-electron chi connectivity index (χ4n) is 2.64. The molecule has 0 aliphatic carbocycles. The lowest BCUT2D eigenvalue weighted by atomic mass is 9.87.